The van der Waals surface area contributed by atoms with Crippen molar-refractivity contribution in [1.82, 2.24) is 0 Å². The van der Waals surface area contributed by atoms with Crippen molar-refractivity contribution in [2.24, 2.45) is 22.6 Å². The Balaban J connectivity index is 5.65. The predicted molar refractivity (Wildman–Crippen MR) is 92.1 cm³/mol. The van der Waals surface area contributed by atoms with E-state index in [0.717, 1.165) is 25.7 Å². The molecular formula is C17H37N3O2. The summed E-state index contributed by atoms with van der Waals surface area (Å²) in [7, 11) is 0. The molecule has 0 aliphatic carbocycles. The van der Waals surface area contributed by atoms with Gasteiger partial charge < -0.3 is 16.2 Å². The number of rotatable bonds is 9. The molecule has 0 bridgehead atoms. The zero-order valence-corrected chi connectivity index (χ0v) is 15.6. The van der Waals surface area contributed by atoms with Crippen LogP contribution in [0.15, 0.2) is 0 Å². The van der Waals surface area contributed by atoms with Crippen LogP contribution in [0.25, 0.3) is 0 Å². The molecule has 0 heterocycles. The number of ether oxygens (including phenoxy) is 1. The summed E-state index contributed by atoms with van der Waals surface area (Å²) in [6.45, 7) is 12.8. The van der Waals surface area contributed by atoms with Crippen LogP contribution >= 0.6 is 0 Å². The second-order valence-electron chi connectivity index (χ2n) is 8.15. The maximum atomic E-state index is 13.0. The molecule has 0 aliphatic rings. The maximum Gasteiger partial charge on any atom is 0.317 e. The molecule has 0 unspecified atom stereocenters. The molecule has 22 heavy (non-hydrogen) atoms. The van der Waals surface area contributed by atoms with E-state index in [-0.39, 0.29) is 0 Å². The van der Waals surface area contributed by atoms with Gasteiger partial charge in [-0.25, -0.2) is 0 Å². The minimum Gasteiger partial charge on any atom is -0.444 e. The van der Waals surface area contributed by atoms with E-state index >= 15 is 0 Å². The van der Waals surface area contributed by atoms with Gasteiger partial charge >= 0.3 is 5.97 Å². The highest BCUT2D eigenvalue weighted by Gasteiger charge is 2.58. The molecule has 0 atom stereocenters. The van der Waals surface area contributed by atoms with Crippen LogP contribution in [-0.4, -0.2) is 22.8 Å². The molecule has 0 aromatic heterocycles. The van der Waals surface area contributed by atoms with E-state index in [4.69, 9.17) is 21.9 Å². The Hall–Kier alpha value is -0.650. The van der Waals surface area contributed by atoms with Crippen molar-refractivity contribution >= 4 is 5.97 Å². The van der Waals surface area contributed by atoms with Crippen LogP contribution in [0.5, 0.6) is 0 Å². The van der Waals surface area contributed by atoms with Crippen molar-refractivity contribution in [3.05, 3.63) is 0 Å². The third-order valence-corrected chi connectivity index (χ3v) is 4.31. The predicted octanol–water partition coefficient (Wildman–Crippen LogP) is 2.66. The zero-order valence-electron chi connectivity index (χ0n) is 15.6. The lowest BCUT2D eigenvalue weighted by Crippen LogP contribution is -2.69. The summed E-state index contributed by atoms with van der Waals surface area (Å²) in [6.07, 6.45) is 4.78. The van der Waals surface area contributed by atoms with Gasteiger partial charge in [-0.15, -0.1) is 0 Å². The molecule has 0 fully saturated rings. The van der Waals surface area contributed by atoms with Gasteiger partial charge in [-0.05, 0) is 48.0 Å². The Morgan fingerprint density at radius 3 is 1.64 bits per heavy atom. The fraction of sp³-hybridized carbons (Fsp3) is 0.941. The quantitative estimate of drug-likeness (QED) is 0.345. The Bertz CT molecular complexity index is 346. The molecule has 0 aliphatic heterocycles. The summed E-state index contributed by atoms with van der Waals surface area (Å²) in [5.74, 6) is -0.406. The highest BCUT2D eigenvalue weighted by molar-refractivity contribution is 5.81. The molecule has 132 valence electrons. The van der Waals surface area contributed by atoms with Crippen LogP contribution in [0.1, 0.15) is 80.6 Å². The van der Waals surface area contributed by atoms with Crippen molar-refractivity contribution in [3.63, 3.8) is 0 Å². The molecule has 0 saturated carbocycles. The molecule has 5 nitrogen and oxygen atoms in total. The van der Waals surface area contributed by atoms with Crippen molar-refractivity contribution in [3.8, 4) is 0 Å². The first-order valence-electron chi connectivity index (χ1n) is 8.29. The van der Waals surface area contributed by atoms with Crippen LogP contribution in [0, 0.1) is 5.41 Å². The van der Waals surface area contributed by atoms with E-state index in [1.165, 1.54) is 0 Å². The summed E-state index contributed by atoms with van der Waals surface area (Å²) in [5, 5.41) is 0. The van der Waals surface area contributed by atoms with E-state index in [1.807, 2.05) is 27.7 Å². The number of hydrogen-bond donors (Lipinski definition) is 3. The van der Waals surface area contributed by atoms with E-state index in [0.29, 0.717) is 6.42 Å². The smallest absolute Gasteiger partial charge is 0.317 e. The summed E-state index contributed by atoms with van der Waals surface area (Å²) in [6, 6.07) is 0. The Labute approximate surface area is 136 Å². The number of carbonyl (C=O) groups is 1. The summed E-state index contributed by atoms with van der Waals surface area (Å²) >= 11 is 0. The number of carbonyl (C=O) groups excluding carboxylic acids is 1. The van der Waals surface area contributed by atoms with Gasteiger partial charge in [-0.1, -0.05) is 32.6 Å². The fourth-order valence-corrected chi connectivity index (χ4v) is 3.25. The van der Waals surface area contributed by atoms with E-state index in [1.54, 1.807) is 13.8 Å². The normalized spacial score (nSPS) is 14.1. The van der Waals surface area contributed by atoms with E-state index in [9.17, 15) is 4.79 Å². The second-order valence-corrected chi connectivity index (χ2v) is 8.15. The third kappa shape index (κ3) is 5.21. The van der Waals surface area contributed by atoms with Crippen molar-refractivity contribution < 1.29 is 9.53 Å². The van der Waals surface area contributed by atoms with E-state index in [2.05, 4.69) is 6.92 Å². The second kappa shape index (κ2) is 7.28. The van der Waals surface area contributed by atoms with Gasteiger partial charge in [0.25, 0.3) is 0 Å². The summed E-state index contributed by atoms with van der Waals surface area (Å²) < 4.78 is 5.49. The fourth-order valence-electron chi connectivity index (χ4n) is 3.25. The molecule has 0 rings (SSSR count). The van der Waals surface area contributed by atoms with Gasteiger partial charge in [0, 0.05) is 11.1 Å². The lowest BCUT2D eigenvalue weighted by molar-refractivity contribution is -0.179. The molecule has 0 spiro atoms. The number of hydrogen-bond acceptors (Lipinski definition) is 5. The molecule has 0 amide bonds. The first-order valence-corrected chi connectivity index (χ1v) is 8.29. The summed E-state index contributed by atoms with van der Waals surface area (Å²) in [4.78, 5) is 13.0. The first kappa shape index (κ1) is 21.4. The van der Waals surface area contributed by atoms with Gasteiger partial charge in [-0.2, -0.15) is 0 Å². The average Bonchev–Trinajstić information content (AvgIpc) is 2.22. The van der Waals surface area contributed by atoms with Crippen molar-refractivity contribution in [2.75, 3.05) is 0 Å². The van der Waals surface area contributed by atoms with Gasteiger partial charge in [0.1, 0.15) is 5.41 Å². The highest BCUT2D eigenvalue weighted by atomic mass is 16.6. The third-order valence-electron chi connectivity index (χ3n) is 4.31. The zero-order chi connectivity index (χ0) is 17.8. The molecule has 0 radical (unpaired) electrons. The van der Waals surface area contributed by atoms with Gasteiger partial charge in [0.15, 0.2) is 5.72 Å². The first-order chi connectivity index (χ1) is 9.69. The Morgan fingerprint density at radius 2 is 1.32 bits per heavy atom. The molecule has 0 aromatic rings. The minimum absolute atomic E-state index is 0.406. The Kier molecular flexibility index (Phi) is 7.07. The lowest BCUT2D eigenvalue weighted by atomic mass is 9.58. The molecular weight excluding hydrogens is 278 g/mol. The van der Waals surface area contributed by atoms with Crippen molar-refractivity contribution in [1.29, 1.82) is 0 Å². The number of esters is 1. The summed E-state index contributed by atoms with van der Waals surface area (Å²) in [5.41, 5.74) is 15.0. The van der Waals surface area contributed by atoms with E-state index < -0.39 is 28.2 Å². The minimum atomic E-state index is -1.05. The standard InChI is InChI=1S/C17H37N3O2/c1-8-9-10-11-12-17(14(2,3)18,15(4,5)19)13(21)22-16(6,7)20/h8-12,18-20H2,1-7H3. The molecule has 0 saturated heterocycles. The Morgan fingerprint density at radius 1 is 0.864 bits per heavy atom. The van der Waals surface area contributed by atoms with Crippen LogP contribution in [0.2, 0.25) is 0 Å². The highest BCUT2D eigenvalue weighted by Crippen LogP contribution is 2.45. The maximum absolute atomic E-state index is 13.0. The van der Waals surface area contributed by atoms with Gasteiger partial charge in [-0.3, -0.25) is 10.5 Å². The van der Waals surface area contributed by atoms with Crippen molar-refractivity contribution in [2.45, 2.75) is 97.4 Å². The van der Waals surface area contributed by atoms with Crippen LogP contribution in [-0.2, 0) is 9.53 Å². The molecule has 6 N–H and O–H groups in total. The number of nitrogens with two attached hydrogens (primary N) is 3. The monoisotopic (exact) mass is 315 g/mol. The largest absolute Gasteiger partial charge is 0.444 e. The van der Waals surface area contributed by atoms with Crippen LogP contribution < -0.4 is 17.2 Å². The van der Waals surface area contributed by atoms with Crippen LogP contribution in [0.4, 0.5) is 0 Å². The van der Waals surface area contributed by atoms with Gasteiger partial charge in [0.2, 0.25) is 0 Å². The topological polar surface area (TPSA) is 104 Å². The average molecular weight is 316 g/mol. The number of unbranched alkanes of at least 4 members (excludes halogenated alkanes) is 3. The SMILES string of the molecule is CCCCCCC(C(=O)OC(C)(C)N)(C(C)(C)N)C(C)(C)N. The van der Waals surface area contributed by atoms with Gasteiger partial charge in [0.05, 0.1) is 0 Å². The van der Waals surface area contributed by atoms with Crippen LogP contribution in [0.3, 0.4) is 0 Å². The molecule has 5 heteroatoms. The lowest BCUT2D eigenvalue weighted by Gasteiger charge is -2.51. The molecule has 0 aromatic carbocycles.